The third-order valence-corrected chi connectivity index (χ3v) is 9.03. The molecule has 0 radical (unpaired) electrons. The number of nitrogens with zero attached hydrogens (tertiary/aromatic N) is 1. The predicted molar refractivity (Wildman–Crippen MR) is 124 cm³/mol. The fourth-order valence-corrected chi connectivity index (χ4v) is 7.15. The van der Waals surface area contributed by atoms with E-state index in [1.54, 1.807) is 19.1 Å². The SMILES string of the molecule is CCOC(=O)c1c(NC(=O)c2cccc(S(=O)(=O)N3CCCCCC3)c2)sc2c1CCC2. The molecule has 2 aliphatic rings. The number of aryl methyl sites for hydroxylation is 1. The highest BCUT2D eigenvalue weighted by Crippen LogP contribution is 2.39. The van der Waals surface area contributed by atoms with Gasteiger partial charge in [0, 0.05) is 23.5 Å². The van der Waals surface area contributed by atoms with Crippen LogP contribution in [0.25, 0.3) is 0 Å². The standard InChI is InChI=1S/C23H28N2O5S2/c1-2-30-23(27)20-18-11-8-12-19(18)31-22(20)24-21(26)16-9-7-10-17(15-16)32(28,29)25-13-5-3-4-6-14-25/h7,9-10,15H,2-6,8,11-14H2,1H3,(H,24,26). The summed E-state index contributed by atoms with van der Waals surface area (Å²) in [4.78, 5) is 26.8. The number of carbonyl (C=O) groups is 2. The summed E-state index contributed by atoms with van der Waals surface area (Å²) in [6.07, 6.45) is 6.41. The number of ether oxygens (including phenoxy) is 1. The molecule has 1 aliphatic heterocycles. The molecule has 0 atom stereocenters. The minimum absolute atomic E-state index is 0.117. The molecular formula is C23H28N2O5S2. The molecule has 1 aliphatic carbocycles. The highest BCUT2D eigenvalue weighted by Gasteiger charge is 2.29. The average molecular weight is 477 g/mol. The van der Waals surface area contributed by atoms with Crippen LogP contribution in [0.4, 0.5) is 5.00 Å². The third kappa shape index (κ3) is 4.60. The van der Waals surface area contributed by atoms with Gasteiger partial charge in [0.1, 0.15) is 5.00 Å². The topological polar surface area (TPSA) is 92.8 Å². The smallest absolute Gasteiger partial charge is 0.341 e. The lowest BCUT2D eigenvalue weighted by Crippen LogP contribution is -2.32. The van der Waals surface area contributed by atoms with Crippen LogP contribution in [0, 0.1) is 0 Å². The number of hydrogen-bond acceptors (Lipinski definition) is 6. The van der Waals surface area contributed by atoms with Crippen LogP contribution in [-0.2, 0) is 27.6 Å². The Hall–Kier alpha value is -2.23. The van der Waals surface area contributed by atoms with Gasteiger partial charge in [-0.15, -0.1) is 11.3 Å². The molecule has 1 aromatic carbocycles. The van der Waals surface area contributed by atoms with E-state index in [4.69, 9.17) is 4.74 Å². The first-order chi connectivity index (χ1) is 15.4. The zero-order valence-corrected chi connectivity index (χ0v) is 19.8. The lowest BCUT2D eigenvalue weighted by atomic mass is 10.1. The Morgan fingerprint density at radius 1 is 1.09 bits per heavy atom. The molecule has 7 nitrogen and oxygen atoms in total. The van der Waals surface area contributed by atoms with Crippen LogP contribution in [0.3, 0.4) is 0 Å². The Labute approximate surface area is 192 Å². The van der Waals surface area contributed by atoms with E-state index in [9.17, 15) is 18.0 Å². The molecule has 172 valence electrons. The van der Waals surface area contributed by atoms with Gasteiger partial charge in [-0.05, 0) is 62.8 Å². The highest BCUT2D eigenvalue weighted by atomic mass is 32.2. The fraction of sp³-hybridized carbons (Fsp3) is 0.478. The number of nitrogens with one attached hydrogen (secondary N) is 1. The van der Waals surface area contributed by atoms with Gasteiger partial charge < -0.3 is 10.1 Å². The van der Waals surface area contributed by atoms with Gasteiger partial charge in [0.25, 0.3) is 5.91 Å². The first-order valence-corrected chi connectivity index (χ1v) is 13.4. The van der Waals surface area contributed by atoms with Crippen LogP contribution in [0.5, 0.6) is 0 Å². The molecule has 1 aromatic heterocycles. The molecular weight excluding hydrogens is 448 g/mol. The molecule has 2 aromatic rings. The normalized spacial score (nSPS) is 16.9. The van der Waals surface area contributed by atoms with Crippen LogP contribution < -0.4 is 5.32 Å². The van der Waals surface area contributed by atoms with Crippen LogP contribution in [0.2, 0.25) is 0 Å². The number of fused-ring (bicyclic) bond motifs is 1. The van der Waals surface area contributed by atoms with E-state index in [2.05, 4.69) is 5.32 Å². The Morgan fingerprint density at radius 2 is 1.84 bits per heavy atom. The third-order valence-electron chi connectivity index (χ3n) is 5.93. The second-order valence-corrected chi connectivity index (χ2v) is 11.1. The maximum atomic E-state index is 13.1. The van der Waals surface area contributed by atoms with E-state index < -0.39 is 21.9 Å². The average Bonchev–Trinajstić information content (AvgIpc) is 3.23. The van der Waals surface area contributed by atoms with Gasteiger partial charge in [0.15, 0.2) is 0 Å². The summed E-state index contributed by atoms with van der Waals surface area (Å²) in [7, 11) is -3.66. The summed E-state index contributed by atoms with van der Waals surface area (Å²) in [6.45, 7) is 3.01. The molecule has 9 heteroatoms. The summed E-state index contributed by atoms with van der Waals surface area (Å²) < 4.78 is 33.0. The molecule has 0 bridgehead atoms. The maximum absolute atomic E-state index is 13.1. The van der Waals surface area contributed by atoms with Crippen molar-refractivity contribution in [2.75, 3.05) is 25.0 Å². The van der Waals surface area contributed by atoms with Crippen LogP contribution >= 0.6 is 11.3 Å². The highest BCUT2D eigenvalue weighted by molar-refractivity contribution is 7.89. The number of benzene rings is 1. The van der Waals surface area contributed by atoms with E-state index in [0.717, 1.165) is 55.4 Å². The lowest BCUT2D eigenvalue weighted by Gasteiger charge is -2.20. The van der Waals surface area contributed by atoms with Gasteiger partial charge >= 0.3 is 5.97 Å². The molecule has 1 N–H and O–H groups in total. The number of thiophene rings is 1. The summed E-state index contributed by atoms with van der Waals surface area (Å²) >= 11 is 1.40. The van der Waals surface area contributed by atoms with Crippen LogP contribution in [-0.4, -0.2) is 44.3 Å². The monoisotopic (exact) mass is 476 g/mol. The van der Waals surface area contributed by atoms with Crippen molar-refractivity contribution < 1.29 is 22.7 Å². The summed E-state index contributed by atoms with van der Waals surface area (Å²) in [5, 5.41) is 3.31. The summed E-state index contributed by atoms with van der Waals surface area (Å²) in [5.41, 5.74) is 1.64. The van der Waals surface area contributed by atoms with Gasteiger partial charge in [-0.1, -0.05) is 18.9 Å². The minimum atomic E-state index is -3.66. The van der Waals surface area contributed by atoms with Crippen LogP contribution in [0.15, 0.2) is 29.2 Å². The second-order valence-electron chi connectivity index (χ2n) is 8.08. The number of esters is 1. The number of carbonyl (C=O) groups excluding carboxylic acids is 2. The van der Waals surface area contributed by atoms with Crippen molar-refractivity contribution in [2.45, 2.75) is 56.8 Å². The predicted octanol–water partition coefficient (Wildman–Crippen LogP) is 4.23. The molecule has 2 heterocycles. The van der Waals surface area contributed by atoms with Crippen LogP contribution in [0.1, 0.15) is 70.2 Å². The molecule has 1 amide bonds. The zero-order valence-electron chi connectivity index (χ0n) is 18.2. The molecule has 4 rings (SSSR count). The Balaban J connectivity index is 1.58. The van der Waals surface area contributed by atoms with Crippen molar-refractivity contribution in [1.29, 1.82) is 0 Å². The Bertz CT molecular complexity index is 1120. The van der Waals surface area contributed by atoms with Gasteiger partial charge in [-0.3, -0.25) is 4.79 Å². The maximum Gasteiger partial charge on any atom is 0.341 e. The number of sulfonamides is 1. The fourth-order valence-electron chi connectivity index (χ4n) is 4.32. The molecule has 32 heavy (non-hydrogen) atoms. The second kappa shape index (κ2) is 9.72. The largest absolute Gasteiger partial charge is 0.462 e. The molecule has 0 unspecified atom stereocenters. The van der Waals surface area contributed by atoms with Crippen molar-refractivity contribution >= 4 is 38.2 Å². The van der Waals surface area contributed by atoms with E-state index in [0.29, 0.717) is 23.7 Å². The molecule has 0 spiro atoms. The van der Waals surface area contributed by atoms with E-state index in [1.165, 1.54) is 27.8 Å². The number of hydrogen-bond donors (Lipinski definition) is 1. The van der Waals surface area contributed by atoms with E-state index in [1.807, 2.05) is 0 Å². The number of anilines is 1. The quantitative estimate of drug-likeness (QED) is 0.630. The van der Waals surface area contributed by atoms with Crippen molar-refractivity contribution in [3.05, 3.63) is 45.8 Å². The van der Waals surface area contributed by atoms with Gasteiger partial charge in [0.05, 0.1) is 17.1 Å². The van der Waals surface area contributed by atoms with E-state index in [-0.39, 0.29) is 17.1 Å². The van der Waals surface area contributed by atoms with E-state index >= 15 is 0 Å². The molecule has 1 fully saturated rings. The van der Waals surface area contributed by atoms with Crippen molar-refractivity contribution in [1.82, 2.24) is 4.31 Å². The summed E-state index contributed by atoms with van der Waals surface area (Å²) in [6, 6.07) is 6.12. The van der Waals surface area contributed by atoms with Gasteiger partial charge in [-0.2, -0.15) is 4.31 Å². The lowest BCUT2D eigenvalue weighted by molar-refractivity contribution is 0.0527. The number of rotatable bonds is 6. The first-order valence-electron chi connectivity index (χ1n) is 11.1. The molecule has 1 saturated heterocycles. The number of amides is 1. The minimum Gasteiger partial charge on any atom is -0.462 e. The zero-order chi connectivity index (χ0) is 22.7. The van der Waals surface area contributed by atoms with Gasteiger partial charge in [0.2, 0.25) is 10.0 Å². The first kappa shape index (κ1) is 22.9. The van der Waals surface area contributed by atoms with Crippen molar-refractivity contribution in [3.63, 3.8) is 0 Å². The summed E-state index contributed by atoms with van der Waals surface area (Å²) in [5.74, 6) is -0.872. The van der Waals surface area contributed by atoms with Crippen molar-refractivity contribution in [2.24, 2.45) is 0 Å². The molecule has 0 saturated carbocycles. The van der Waals surface area contributed by atoms with Gasteiger partial charge in [-0.25, -0.2) is 13.2 Å². The Morgan fingerprint density at radius 3 is 2.56 bits per heavy atom. The Kier molecular flexibility index (Phi) is 6.97. The van der Waals surface area contributed by atoms with Crippen molar-refractivity contribution in [3.8, 4) is 0 Å².